The maximum atomic E-state index is 9.73. The van der Waals surface area contributed by atoms with Gasteiger partial charge in [-0.3, -0.25) is 0 Å². The van der Waals surface area contributed by atoms with Gasteiger partial charge in [-0.15, -0.1) is 0 Å². The normalized spacial score (nSPS) is 21.3. The van der Waals surface area contributed by atoms with Crippen LogP contribution in [-0.2, 0) is 9.31 Å². The average molecular weight is 248 g/mol. The highest BCUT2D eigenvalue weighted by molar-refractivity contribution is 6.62. The van der Waals surface area contributed by atoms with E-state index in [1.807, 2.05) is 41.5 Å². The highest BCUT2D eigenvalue weighted by Crippen LogP contribution is 2.37. The fourth-order valence-electron chi connectivity index (χ4n) is 2.08. The lowest BCUT2D eigenvalue weighted by Crippen LogP contribution is -2.41. The molecule has 4 heteroatoms. The molecule has 2 rings (SSSR count). The third-order valence-electron chi connectivity index (χ3n) is 4.20. The van der Waals surface area contributed by atoms with Gasteiger partial charge in [0.05, 0.1) is 11.2 Å². The molecule has 1 aromatic rings. The largest absolute Gasteiger partial charge is 0.508 e. The third-order valence-corrected chi connectivity index (χ3v) is 4.20. The Morgan fingerprint density at radius 1 is 1.00 bits per heavy atom. The van der Waals surface area contributed by atoms with Crippen molar-refractivity contribution in [3.8, 4) is 5.75 Å². The van der Waals surface area contributed by atoms with Crippen molar-refractivity contribution in [1.82, 2.24) is 0 Å². The van der Waals surface area contributed by atoms with Crippen molar-refractivity contribution in [1.29, 1.82) is 0 Å². The molecule has 1 aliphatic heterocycles. The van der Waals surface area contributed by atoms with Gasteiger partial charge in [-0.2, -0.15) is 0 Å². The zero-order valence-corrected chi connectivity index (χ0v) is 12.0. The zero-order valence-electron chi connectivity index (χ0n) is 12.0. The van der Waals surface area contributed by atoms with Gasteiger partial charge in [0, 0.05) is 0 Å². The Hall–Kier alpha value is -0.995. The molecule has 98 valence electrons. The summed E-state index contributed by atoms with van der Waals surface area (Å²) in [4.78, 5) is 0. The molecule has 18 heavy (non-hydrogen) atoms. The predicted molar refractivity (Wildman–Crippen MR) is 73.3 cm³/mol. The van der Waals surface area contributed by atoms with Gasteiger partial charge < -0.3 is 14.4 Å². The quantitative estimate of drug-likeness (QED) is 0.775. The van der Waals surface area contributed by atoms with Gasteiger partial charge in [-0.25, -0.2) is 0 Å². The van der Waals surface area contributed by atoms with Crippen molar-refractivity contribution >= 4 is 12.6 Å². The van der Waals surface area contributed by atoms with Crippen LogP contribution in [0.1, 0.15) is 38.8 Å². The number of phenols is 1. The van der Waals surface area contributed by atoms with Crippen LogP contribution in [0.4, 0.5) is 0 Å². The van der Waals surface area contributed by atoms with Crippen molar-refractivity contribution in [2.45, 2.75) is 52.7 Å². The molecule has 1 aromatic carbocycles. The molecule has 0 spiro atoms. The Labute approximate surface area is 109 Å². The fraction of sp³-hybridized carbons (Fsp3) is 0.571. The molecule has 0 radical (unpaired) electrons. The van der Waals surface area contributed by atoms with E-state index in [0.29, 0.717) is 0 Å². The molecule has 0 saturated carbocycles. The number of benzene rings is 1. The molecule has 0 amide bonds. The number of hydrogen-bond acceptors (Lipinski definition) is 3. The Morgan fingerprint density at radius 3 is 2.00 bits per heavy atom. The maximum absolute atomic E-state index is 9.73. The van der Waals surface area contributed by atoms with Crippen molar-refractivity contribution in [3.63, 3.8) is 0 Å². The van der Waals surface area contributed by atoms with Gasteiger partial charge in [0.1, 0.15) is 5.75 Å². The second-order valence-corrected chi connectivity index (χ2v) is 6.07. The third kappa shape index (κ3) is 2.04. The molecular weight excluding hydrogens is 227 g/mol. The van der Waals surface area contributed by atoms with Crippen LogP contribution in [0.2, 0.25) is 0 Å². The Morgan fingerprint density at radius 2 is 1.50 bits per heavy atom. The zero-order chi connectivity index (χ0) is 13.7. The Bertz CT molecular complexity index is 464. The molecule has 0 aromatic heterocycles. The summed E-state index contributed by atoms with van der Waals surface area (Å²) in [6.07, 6.45) is 0. The average Bonchev–Trinajstić information content (AvgIpc) is 2.42. The lowest BCUT2D eigenvalue weighted by Gasteiger charge is -2.32. The van der Waals surface area contributed by atoms with E-state index >= 15 is 0 Å². The standard InChI is InChI=1S/C14H21BO3/c1-9-7-11(16)8-12(10(9)2)15-17-13(3,4)14(5,6)18-15/h7-8,16H,1-6H3. The smallest absolute Gasteiger partial charge is 0.495 e. The van der Waals surface area contributed by atoms with E-state index in [4.69, 9.17) is 9.31 Å². The first-order valence-corrected chi connectivity index (χ1v) is 6.30. The highest BCUT2D eigenvalue weighted by atomic mass is 16.7. The molecular formula is C14H21BO3. The van der Waals surface area contributed by atoms with Gasteiger partial charge in [0.2, 0.25) is 0 Å². The molecule has 0 unspecified atom stereocenters. The molecule has 1 aliphatic rings. The number of aryl methyl sites for hydroxylation is 1. The summed E-state index contributed by atoms with van der Waals surface area (Å²) in [6.45, 7) is 12.1. The van der Waals surface area contributed by atoms with Crippen molar-refractivity contribution in [3.05, 3.63) is 23.3 Å². The monoisotopic (exact) mass is 248 g/mol. The second-order valence-electron chi connectivity index (χ2n) is 6.07. The van der Waals surface area contributed by atoms with E-state index in [9.17, 15) is 5.11 Å². The number of hydrogen-bond donors (Lipinski definition) is 1. The fourth-order valence-corrected chi connectivity index (χ4v) is 2.08. The molecule has 1 saturated heterocycles. The van der Waals surface area contributed by atoms with Crippen LogP contribution in [0, 0.1) is 13.8 Å². The SMILES string of the molecule is Cc1cc(O)cc(B2OC(C)(C)C(C)(C)O2)c1C. The summed E-state index contributed by atoms with van der Waals surface area (Å²) in [6, 6.07) is 3.48. The molecule has 1 fully saturated rings. The van der Waals surface area contributed by atoms with E-state index in [1.54, 1.807) is 12.1 Å². The van der Waals surface area contributed by atoms with Gasteiger partial charge in [0.25, 0.3) is 0 Å². The maximum Gasteiger partial charge on any atom is 0.495 e. The van der Waals surface area contributed by atoms with Crippen LogP contribution >= 0.6 is 0 Å². The molecule has 3 nitrogen and oxygen atoms in total. The lowest BCUT2D eigenvalue weighted by atomic mass is 9.75. The first-order chi connectivity index (χ1) is 8.14. The summed E-state index contributed by atoms with van der Waals surface area (Å²) in [7, 11) is -0.416. The Balaban J connectivity index is 2.41. The van der Waals surface area contributed by atoms with Crippen molar-refractivity contribution in [2.24, 2.45) is 0 Å². The van der Waals surface area contributed by atoms with Crippen LogP contribution in [0.3, 0.4) is 0 Å². The molecule has 1 heterocycles. The summed E-state index contributed by atoms with van der Waals surface area (Å²) in [5.74, 6) is 0.253. The van der Waals surface area contributed by atoms with E-state index in [1.165, 1.54) is 0 Å². The topological polar surface area (TPSA) is 38.7 Å². The van der Waals surface area contributed by atoms with Crippen molar-refractivity contribution < 1.29 is 14.4 Å². The highest BCUT2D eigenvalue weighted by Gasteiger charge is 2.52. The summed E-state index contributed by atoms with van der Waals surface area (Å²) >= 11 is 0. The van der Waals surface area contributed by atoms with Crippen LogP contribution in [0.15, 0.2) is 12.1 Å². The minimum absolute atomic E-state index is 0.253. The number of rotatable bonds is 1. The molecule has 1 N–H and O–H groups in total. The van der Waals surface area contributed by atoms with E-state index in [0.717, 1.165) is 16.6 Å². The molecule has 0 aliphatic carbocycles. The number of aromatic hydroxyl groups is 1. The van der Waals surface area contributed by atoms with Gasteiger partial charge in [0.15, 0.2) is 0 Å². The van der Waals surface area contributed by atoms with Crippen LogP contribution in [-0.4, -0.2) is 23.4 Å². The van der Waals surface area contributed by atoms with Gasteiger partial charge in [-0.1, -0.05) is 0 Å². The molecule has 0 atom stereocenters. The van der Waals surface area contributed by atoms with Crippen molar-refractivity contribution in [2.75, 3.05) is 0 Å². The van der Waals surface area contributed by atoms with Crippen LogP contribution in [0.5, 0.6) is 5.75 Å². The summed E-state index contributed by atoms with van der Waals surface area (Å²) in [5.41, 5.74) is 2.34. The minimum atomic E-state index is -0.416. The Kier molecular flexibility index (Phi) is 2.99. The molecule has 0 bridgehead atoms. The summed E-state index contributed by atoms with van der Waals surface area (Å²) in [5, 5.41) is 9.73. The van der Waals surface area contributed by atoms with E-state index < -0.39 is 7.12 Å². The lowest BCUT2D eigenvalue weighted by molar-refractivity contribution is 0.00578. The van der Waals surface area contributed by atoms with Gasteiger partial charge in [-0.05, 0) is 70.3 Å². The number of phenolic OH excluding ortho intramolecular Hbond substituents is 1. The second kappa shape index (κ2) is 4.00. The minimum Gasteiger partial charge on any atom is -0.508 e. The first-order valence-electron chi connectivity index (χ1n) is 6.30. The van der Waals surface area contributed by atoms with E-state index in [-0.39, 0.29) is 17.0 Å². The van der Waals surface area contributed by atoms with Gasteiger partial charge >= 0.3 is 7.12 Å². The predicted octanol–water partition coefficient (Wildman–Crippen LogP) is 2.31. The van der Waals surface area contributed by atoms with E-state index in [2.05, 4.69) is 0 Å². The van der Waals surface area contributed by atoms with Crippen LogP contribution in [0.25, 0.3) is 0 Å². The first kappa shape index (κ1) is 13.4. The summed E-state index contributed by atoms with van der Waals surface area (Å²) < 4.78 is 12.0. The van der Waals surface area contributed by atoms with Crippen LogP contribution < -0.4 is 5.46 Å².